The molecule has 2 fully saturated rings. The highest BCUT2D eigenvalue weighted by molar-refractivity contribution is 5.92. The molecule has 1 amide bonds. The molecule has 21 heavy (non-hydrogen) atoms. The predicted molar refractivity (Wildman–Crippen MR) is 76.9 cm³/mol. The van der Waals surface area contributed by atoms with Crippen LogP contribution in [0.5, 0.6) is 0 Å². The first kappa shape index (κ1) is 14.5. The van der Waals surface area contributed by atoms with Gasteiger partial charge in [-0.2, -0.15) is 0 Å². The number of amides is 1. The standard InChI is InChI=1S/C15H23N3O3/c1-10-14(21-9-16-10)15(20)17-11-5-4-6-12(13(11)19)18-7-2-3-8-18/h9,11-13,19H,2-8H2,1H3,(H,17,20)/t11-,12-,13-/m1/s1. The maximum Gasteiger partial charge on any atom is 0.289 e. The number of carbonyl (C=O) groups excluding carboxylic acids is 1. The van der Waals surface area contributed by atoms with Gasteiger partial charge < -0.3 is 14.8 Å². The molecule has 6 nitrogen and oxygen atoms in total. The fourth-order valence-electron chi connectivity index (χ4n) is 3.54. The van der Waals surface area contributed by atoms with Crippen molar-refractivity contribution in [1.82, 2.24) is 15.2 Å². The average Bonchev–Trinajstić information content (AvgIpc) is 3.12. The van der Waals surface area contributed by atoms with E-state index in [0.29, 0.717) is 5.69 Å². The molecule has 0 aromatic carbocycles. The summed E-state index contributed by atoms with van der Waals surface area (Å²) >= 11 is 0. The Morgan fingerprint density at radius 2 is 2.14 bits per heavy atom. The number of aliphatic hydroxyl groups is 1. The van der Waals surface area contributed by atoms with Crippen LogP contribution in [0.25, 0.3) is 0 Å². The number of likely N-dealkylation sites (tertiary alicyclic amines) is 1. The molecule has 0 radical (unpaired) electrons. The van der Waals surface area contributed by atoms with Crippen LogP contribution in [-0.2, 0) is 0 Å². The molecule has 1 saturated carbocycles. The van der Waals surface area contributed by atoms with Crippen LogP contribution in [0.4, 0.5) is 0 Å². The quantitative estimate of drug-likeness (QED) is 0.872. The Balaban J connectivity index is 1.64. The average molecular weight is 293 g/mol. The zero-order chi connectivity index (χ0) is 14.8. The van der Waals surface area contributed by atoms with Gasteiger partial charge in [0, 0.05) is 6.04 Å². The van der Waals surface area contributed by atoms with Gasteiger partial charge in [0.15, 0.2) is 6.39 Å². The van der Waals surface area contributed by atoms with E-state index in [9.17, 15) is 9.90 Å². The van der Waals surface area contributed by atoms with Gasteiger partial charge in [-0.1, -0.05) is 0 Å². The van der Waals surface area contributed by atoms with Crippen molar-refractivity contribution in [1.29, 1.82) is 0 Å². The predicted octanol–water partition coefficient (Wildman–Crippen LogP) is 1.09. The van der Waals surface area contributed by atoms with Gasteiger partial charge in [0.05, 0.1) is 17.8 Å². The number of aliphatic hydroxyl groups excluding tert-OH is 1. The van der Waals surface area contributed by atoms with E-state index in [1.165, 1.54) is 19.2 Å². The highest BCUT2D eigenvalue weighted by Crippen LogP contribution is 2.26. The summed E-state index contributed by atoms with van der Waals surface area (Å²) < 4.78 is 5.11. The molecular weight excluding hydrogens is 270 g/mol. The summed E-state index contributed by atoms with van der Waals surface area (Å²) in [4.78, 5) is 18.5. The van der Waals surface area contributed by atoms with Crippen LogP contribution in [0.1, 0.15) is 48.4 Å². The number of hydrogen-bond acceptors (Lipinski definition) is 5. The first-order chi connectivity index (χ1) is 10.2. The van der Waals surface area contributed by atoms with Gasteiger partial charge in [-0.15, -0.1) is 0 Å². The molecule has 116 valence electrons. The second-order valence-electron chi connectivity index (χ2n) is 6.08. The molecule has 0 bridgehead atoms. The summed E-state index contributed by atoms with van der Waals surface area (Å²) in [6.45, 7) is 3.86. The van der Waals surface area contributed by atoms with Gasteiger partial charge >= 0.3 is 0 Å². The molecule has 1 saturated heterocycles. The Morgan fingerprint density at radius 1 is 1.38 bits per heavy atom. The van der Waals surface area contributed by atoms with E-state index in [0.717, 1.165) is 32.4 Å². The molecule has 1 aliphatic heterocycles. The molecule has 3 rings (SSSR count). The molecule has 0 spiro atoms. The molecule has 1 aromatic rings. The van der Waals surface area contributed by atoms with E-state index in [-0.39, 0.29) is 23.8 Å². The summed E-state index contributed by atoms with van der Waals surface area (Å²) in [6, 6.07) is -0.0382. The van der Waals surface area contributed by atoms with E-state index >= 15 is 0 Å². The van der Waals surface area contributed by atoms with Gasteiger partial charge in [-0.3, -0.25) is 9.69 Å². The topological polar surface area (TPSA) is 78.6 Å². The number of rotatable bonds is 3. The molecule has 6 heteroatoms. The Hall–Kier alpha value is -1.40. The monoisotopic (exact) mass is 293 g/mol. The molecule has 2 N–H and O–H groups in total. The van der Waals surface area contributed by atoms with Gasteiger partial charge in [-0.05, 0) is 52.1 Å². The van der Waals surface area contributed by atoms with E-state index in [2.05, 4.69) is 15.2 Å². The Bertz CT molecular complexity index is 496. The molecule has 2 heterocycles. The van der Waals surface area contributed by atoms with Crippen molar-refractivity contribution >= 4 is 5.91 Å². The Labute approximate surface area is 124 Å². The molecule has 1 aromatic heterocycles. The van der Waals surface area contributed by atoms with Crippen LogP contribution in [0.2, 0.25) is 0 Å². The van der Waals surface area contributed by atoms with Crippen molar-refractivity contribution < 1.29 is 14.3 Å². The van der Waals surface area contributed by atoms with Crippen LogP contribution >= 0.6 is 0 Å². The summed E-state index contributed by atoms with van der Waals surface area (Å²) in [5, 5.41) is 13.5. The maximum absolute atomic E-state index is 12.2. The van der Waals surface area contributed by atoms with Gasteiger partial charge in [0.2, 0.25) is 5.76 Å². The number of oxazole rings is 1. The number of nitrogens with zero attached hydrogens (tertiary/aromatic N) is 2. The lowest BCUT2D eigenvalue weighted by atomic mass is 9.87. The fourth-order valence-corrected chi connectivity index (χ4v) is 3.54. The second-order valence-corrected chi connectivity index (χ2v) is 6.08. The third-order valence-corrected chi connectivity index (χ3v) is 4.70. The van der Waals surface area contributed by atoms with Crippen LogP contribution < -0.4 is 5.32 Å². The summed E-state index contributed by atoms with van der Waals surface area (Å²) in [5.41, 5.74) is 0.578. The zero-order valence-electron chi connectivity index (χ0n) is 12.4. The second kappa shape index (κ2) is 6.15. The number of hydrogen-bond donors (Lipinski definition) is 2. The number of aromatic nitrogens is 1. The van der Waals surface area contributed by atoms with Crippen LogP contribution in [0, 0.1) is 6.92 Å². The van der Waals surface area contributed by atoms with Crippen LogP contribution in [0.3, 0.4) is 0 Å². The summed E-state index contributed by atoms with van der Waals surface area (Å²) in [5.74, 6) is -0.0402. The number of aryl methyl sites for hydroxylation is 1. The van der Waals surface area contributed by atoms with Crippen molar-refractivity contribution in [3.05, 3.63) is 17.8 Å². The third-order valence-electron chi connectivity index (χ3n) is 4.70. The molecule has 3 atom stereocenters. The van der Waals surface area contributed by atoms with E-state index < -0.39 is 6.10 Å². The van der Waals surface area contributed by atoms with Crippen molar-refractivity contribution in [2.45, 2.75) is 57.2 Å². The fraction of sp³-hybridized carbons (Fsp3) is 0.733. The van der Waals surface area contributed by atoms with Gasteiger partial charge in [0.1, 0.15) is 0 Å². The minimum absolute atomic E-state index is 0.169. The number of nitrogens with one attached hydrogen (secondary N) is 1. The first-order valence-corrected chi connectivity index (χ1v) is 7.80. The largest absolute Gasteiger partial charge is 0.438 e. The maximum atomic E-state index is 12.2. The minimum atomic E-state index is -0.510. The minimum Gasteiger partial charge on any atom is -0.438 e. The molecule has 1 aliphatic carbocycles. The van der Waals surface area contributed by atoms with Crippen LogP contribution in [0.15, 0.2) is 10.8 Å². The molecule has 0 unspecified atom stereocenters. The lowest BCUT2D eigenvalue weighted by Crippen LogP contribution is -2.56. The van der Waals surface area contributed by atoms with Crippen LogP contribution in [-0.4, -0.2) is 52.2 Å². The van der Waals surface area contributed by atoms with E-state index in [4.69, 9.17) is 4.42 Å². The van der Waals surface area contributed by atoms with Crippen molar-refractivity contribution in [2.75, 3.05) is 13.1 Å². The van der Waals surface area contributed by atoms with Crippen molar-refractivity contribution in [2.24, 2.45) is 0 Å². The van der Waals surface area contributed by atoms with Crippen molar-refractivity contribution in [3.8, 4) is 0 Å². The molecule has 2 aliphatic rings. The lowest BCUT2D eigenvalue weighted by molar-refractivity contribution is 0.00670. The normalized spacial score (nSPS) is 30.5. The van der Waals surface area contributed by atoms with Gasteiger partial charge in [-0.25, -0.2) is 4.98 Å². The first-order valence-electron chi connectivity index (χ1n) is 7.80. The number of carbonyl (C=O) groups is 1. The summed E-state index contributed by atoms with van der Waals surface area (Å²) in [6.07, 6.45) is 6.02. The van der Waals surface area contributed by atoms with E-state index in [1.54, 1.807) is 6.92 Å². The highest BCUT2D eigenvalue weighted by Gasteiger charge is 2.37. The van der Waals surface area contributed by atoms with E-state index in [1.807, 2.05) is 0 Å². The Kier molecular flexibility index (Phi) is 4.26. The summed E-state index contributed by atoms with van der Waals surface area (Å²) in [7, 11) is 0. The smallest absolute Gasteiger partial charge is 0.289 e. The Morgan fingerprint density at radius 3 is 2.81 bits per heavy atom. The third kappa shape index (κ3) is 2.96. The van der Waals surface area contributed by atoms with Crippen molar-refractivity contribution in [3.63, 3.8) is 0 Å². The highest BCUT2D eigenvalue weighted by atomic mass is 16.3. The van der Waals surface area contributed by atoms with Gasteiger partial charge in [0.25, 0.3) is 5.91 Å². The SMILES string of the molecule is Cc1ncoc1C(=O)N[C@@H]1CCC[C@@H](N2CCCC2)[C@@H]1O. The molecular formula is C15H23N3O3. The zero-order valence-corrected chi connectivity index (χ0v) is 12.4. The lowest BCUT2D eigenvalue weighted by Gasteiger charge is -2.39.